The molecule has 0 radical (unpaired) electrons. The van der Waals surface area contributed by atoms with E-state index in [0.717, 1.165) is 6.42 Å². The summed E-state index contributed by atoms with van der Waals surface area (Å²) in [6, 6.07) is 20.2. The van der Waals surface area contributed by atoms with E-state index < -0.39 is 0 Å². The zero-order valence-electron chi connectivity index (χ0n) is 17.0. The molecular weight excluding hydrogens is 446 g/mol. The van der Waals surface area contributed by atoms with E-state index in [1.165, 1.54) is 0 Å². The van der Waals surface area contributed by atoms with Crippen LogP contribution in [-0.4, -0.2) is 19.1 Å². The fraction of sp³-hybridized carbons (Fsp3) is 0.208. The van der Waals surface area contributed by atoms with E-state index >= 15 is 0 Å². The number of rotatable bonds is 9. The highest BCUT2D eigenvalue weighted by Gasteiger charge is 2.17. The van der Waals surface area contributed by atoms with Crippen LogP contribution in [0.15, 0.2) is 71.2 Å². The molecule has 0 aliphatic heterocycles. The predicted octanol–water partition coefficient (Wildman–Crippen LogP) is 6.68. The molecule has 0 atom stereocenters. The molecule has 0 aromatic heterocycles. The molecule has 0 unspecified atom stereocenters. The molecule has 0 fully saturated rings. The number of anilines is 1. The van der Waals surface area contributed by atoms with E-state index in [0.29, 0.717) is 51.9 Å². The smallest absolute Gasteiger partial charge is 0.255 e. The molecule has 0 saturated heterocycles. The third kappa shape index (κ3) is 5.54. The number of halogens is 1. The summed E-state index contributed by atoms with van der Waals surface area (Å²) >= 11 is 3.50. The van der Waals surface area contributed by atoms with E-state index in [1.54, 1.807) is 18.2 Å². The van der Waals surface area contributed by atoms with Gasteiger partial charge in [0, 0.05) is 5.56 Å². The minimum atomic E-state index is -0.275. The molecule has 0 aliphatic carbocycles. The number of hydrogen-bond acceptors (Lipinski definition) is 4. The summed E-state index contributed by atoms with van der Waals surface area (Å²) in [4.78, 5) is 13.0. The first-order valence-electron chi connectivity index (χ1n) is 9.84. The highest BCUT2D eigenvalue weighted by atomic mass is 79.9. The molecule has 5 nitrogen and oxygen atoms in total. The van der Waals surface area contributed by atoms with Crippen molar-refractivity contribution in [3.8, 4) is 23.0 Å². The molecule has 3 aromatic rings. The normalized spacial score (nSPS) is 10.4. The monoisotopic (exact) mass is 469 g/mol. The molecule has 30 heavy (non-hydrogen) atoms. The van der Waals surface area contributed by atoms with Crippen molar-refractivity contribution in [2.75, 3.05) is 18.5 Å². The quantitative estimate of drug-likeness (QED) is 0.379. The SMILES string of the molecule is CCCOc1c(Br)cc(C(=O)Nc2ccccc2Oc2ccccc2)cc1OCC. The number of carbonyl (C=O) groups excluding carboxylic acids is 1. The first kappa shape index (κ1) is 21.7. The molecular formula is C24H24BrNO4. The van der Waals surface area contributed by atoms with Crippen LogP contribution in [0.1, 0.15) is 30.6 Å². The van der Waals surface area contributed by atoms with Crippen molar-refractivity contribution < 1.29 is 19.0 Å². The standard InChI is InChI=1S/C24H24BrNO4/c1-3-14-29-23-19(25)15-17(16-22(23)28-4-2)24(27)26-20-12-8-9-13-21(20)30-18-10-6-5-7-11-18/h5-13,15-16H,3-4,14H2,1-2H3,(H,26,27). The highest BCUT2D eigenvalue weighted by molar-refractivity contribution is 9.10. The lowest BCUT2D eigenvalue weighted by Crippen LogP contribution is -2.13. The number of nitrogens with one attached hydrogen (secondary N) is 1. The van der Waals surface area contributed by atoms with Crippen molar-refractivity contribution in [3.05, 3.63) is 76.8 Å². The van der Waals surface area contributed by atoms with Gasteiger partial charge in [0.15, 0.2) is 17.2 Å². The topological polar surface area (TPSA) is 56.8 Å². The molecule has 0 saturated carbocycles. The molecule has 3 aromatic carbocycles. The minimum absolute atomic E-state index is 0.275. The molecule has 0 heterocycles. The summed E-state index contributed by atoms with van der Waals surface area (Å²) in [6.07, 6.45) is 0.873. The Hall–Kier alpha value is -2.99. The van der Waals surface area contributed by atoms with Gasteiger partial charge in [-0.3, -0.25) is 4.79 Å². The van der Waals surface area contributed by atoms with E-state index in [1.807, 2.05) is 62.4 Å². The zero-order valence-corrected chi connectivity index (χ0v) is 18.6. The van der Waals surface area contributed by atoms with Crippen LogP contribution < -0.4 is 19.5 Å². The molecule has 0 aliphatic rings. The number of amides is 1. The lowest BCUT2D eigenvalue weighted by Gasteiger charge is -2.16. The Kier molecular flexibility index (Phi) is 7.74. The number of benzene rings is 3. The van der Waals surface area contributed by atoms with Crippen LogP contribution in [-0.2, 0) is 0 Å². The molecule has 6 heteroatoms. The minimum Gasteiger partial charge on any atom is -0.490 e. The Morgan fingerprint density at radius 3 is 2.40 bits per heavy atom. The van der Waals surface area contributed by atoms with Crippen molar-refractivity contribution >= 4 is 27.5 Å². The molecule has 156 valence electrons. The fourth-order valence-corrected chi connectivity index (χ4v) is 3.33. The third-order valence-corrected chi connectivity index (χ3v) is 4.72. The van der Waals surface area contributed by atoms with E-state index in [4.69, 9.17) is 14.2 Å². The third-order valence-electron chi connectivity index (χ3n) is 4.13. The number of carbonyl (C=O) groups is 1. The second-order valence-electron chi connectivity index (χ2n) is 6.43. The number of para-hydroxylation sites is 3. The van der Waals surface area contributed by atoms with Crippen LogP contribution >= 0.6 is 15.9 Å². The maximum atomic E-state index is 13.0. The molecule has 1 amide bonds. The number of ether oxygens (including phenoxy) is 3. The highest BCUT2D eigenvalue weighted by Crippen LogP contribution is 2.37. The van der Waals surface area contributed by atoms with Gasteiger partial charge in [0.05, 0.1) is 23.4 Å². The van der Waals surface area contributed by atoms with Crippen LogP contribution in [0.25, 0.3) is 0 Å². The Bertz CT molecular complexity index is 992. The van der Waals surface area contributed by atoms with Crippen molar-refractivity contribution in [2.45, 2.75) is 20.3 Å². The first-order chi connectivity index (χ1) is 14.6. The van der Waals surface area contributed by atoms with Crippen LogP contribution in [0.4, 0.5) is 5.69 Å². The van der Waals surface area contributed by atoms with Crippen LogP contribution in [0.2, 0.25) is 0 Å². The summed E-state index contributed by atoms with van der Waals surface area (Å²) < 4.78 is 18.1. The van der Waals surface area contributed by atoms with Crippen LogP contribution in [0.3, 0.4) is 0 Å². The predicted molar refractivity (Wildman–Crippen MR) is 122 cm³/mol. The Morgan fingerprint density at radius 2 is 1.67 bits per heavy atom. The van der Waals surface area contributed by atoms with Gasteiger partial charge in [-0.1, -0.05) is 37.3 Å². The number of hydrogen-bond donors (Lipinski definition) is 1. The zero-order chi connectivity index (χ0) is 21.3. The van der Waals surface area contributed by atoms with Gasteiger partial charge in [-0.2, -0.15) is 0 Å². The maximum Gasteiger partial charge on any atom is 0.255 e. The molecule has 0 bridgehead atoms. The van der Waals surface area contributed by atoms with Gasteiger partial charge in [-0.25, -0.2) is 0 Å². The van der Waals surface area contributed by atoms with Crippen LogP contribution in [0, 0.1) is 0 Å². The summed E-state index contributed by atoms with van der Waals surface area (Å²) in [5, 5.41) is 2.93. The van der Waals surface area contributed by atoms with Crippen molar-refractivity contribution in [2.24, 2.45) is 0 Å². The summed E-state index contributed by atoms with van der Waals surface area (Å²) in [5.74, 6) is 2.10. The van der Waals surface area contributed by atoms with Crippen molar-refractivity contribution in [1.29, 1.82) is 0 Å². The summed E-state index contributed by atoms with van der Waals surface area (Å²) in [7, 11) is 0. The van der Waals surface area contributed by atoms with Gasteiger partial charge in [0.1, 0.15) is 5.75 Å². The van der Waals surface area contributed by atoms with Gasteiger partial charge in [-0.15, -0.1) is 0 Å². The Labute approximate surface area is 185 Å². The lowest BCUT2D eigenvalue weighted by atomic mass is 10.1. The Morgan fingerprint density at radius 1 is 0.933 bits per heavy atom. The largest absolute Gasteiger partial charge is 0.490 e. The van der Waals surface area contributed by atoms with E-state index in [9.17, 15) is 4.79 Å². The van der Waals surface area contributed by atoms with Gasteiger partial charge in [0.2, 0.25) is 0 Å². The average molecular weight is 470 g/mol. The Balaban J connectivity index is 1.84. The van der Waals surface area contributed by atoms with Gasteiger partial charge in [0.25, 0.3) is 5.91 Å². The van der Waals surface area contributed by atoms with Gasteiger partial charge >= 0.3 is 0 Å². The first-order valence-corrected chi connectivity index (χ1v) is 10.6. The second kappa shape index (κ2) is 10.7. The van der Waals surface area contributed by atoms with E-state index in [-0.39, 0.29) is 5.91 Å². The lowest BCUT2D eigenvalue weighted by molar-refractivity contribution is 0.102. The molecule has 1 N–H and O–H groups in total. The maximum absolute atomic E-state index is 13.0. The second-order valence-corrected chi connectivity index (χ2v) is 7.29. The van der Waals surface area contributed by atoms with Crippen LogP contribution in [0.5, 0.6) is 23.0 Å². The van der Waals surface area contributed by atoms with Gasteiger partial charge in [-0.05, 0) is 65.7 Å². The average Bonchev–Trinajstić information content (AvgIpc) is 2.75. The summed E-state index contributed by atoms with van der Waals surface area (Å²) in [5.41, 5.74) is 1.02. The molecule has 3 rings (SSSR count). The summed E-state index contributed by atoms with van der Waals surface area (Å²) in [6.45, 7) is 4.95. The van der Waals surface area contributed by atoms with E-state index in [2.05, 4.69) is 21.2 Å². The fourth-order valence-electron chi connectivity index (χ4n) is 2.78. The van der Waals surface area contributed by atoms with Crippen molar-refractivity contribution in [1.82, 2.24) is 0 Å². The van der Waals surface area contributed by atoms with Crippen molar-refractivity contribution in [3.63, 3.8) is 0 Å². The van der Waals surface area contributed by atoms with Gasteiger partial charge < -0.3 is 19.5 Å². The molecule has 0 spiro atoms.